The van der Waals surface area contributed by atoms with Gasteiger partial charge in [-0.3, -0.25) is 9.69 Å². The predicted molar refractivity (Wildman–Crippen MR) is 87.0 cm³/mol. The molecule has 1 fully saturated rings. The third-order valence-corrected chi connectivity index (χ3v) is 4.38. The van der Waals surface area contributed by atoms with Crippen molar-refractivity contribution in [2.75, 3.05) is 20.1 Å². The quantitative estimate of drug-likeness (QED) is 0.802. The van der Waals surface area contributed by atoms with Crippen molar-refractivity contribution in [3.8, 4) is 0 Å². The van der Waals surface area contributed by atoms with Crippen molar-refractivity contribution in [3.63, 3.8) is 0 Å². The van der Waals surface area contributed by atoms with Crippen LogP contribution in [-0.4, -0.2) is 41.9 Å². The monoisotopic (exact) mass is 288 g/mol. The third kappa shape index (κ3) is 4.85. The molecule has 3 nitrogen and oxygen atoms in total. The molecule has 0 unspecified atom stereocenters. The Balaban J connectivity index is 1.86. The van der Waals surface area contributed by atoms with Crippen LogP contribution in [0.5, 0.6) is 0 Å². The fourth-order valence-corrected chi connectivity index (χ4v) is 3.30. The zero-order valence-corrected chi connectivity index (χ0v) is 13.4. The van der Waals surface area contributed by atoms with E-state index in [4.69, 9.17) is 0 Å². The first kappa shape index (κ1) is 16.0. The summed E-state index contributed by atoms with van der Waals surface area (Å²) in [7, 11) is 2.03. The molecule has 1 saturated carbocycles. The van der Waals surface area contributed by atoms with Crippen LogP contribution in [-0.2, 0) is 11.3 Å². The summed E-state index contributed by atoms with van der Waals surface area (Å²) in [6, 6.07) is 10.8. The van der Waals surface area contributed by atoms with E-state index in [0.29, 0.717) is 12.6 Å². The Morgan fingerprint density at radius 2 is 1.81 bits per heavy atom. The number of likely N-dealkylation sites (N-methyl/N-ethyl adjacent to an activating group) is 2. The van der Waals surface area contributed by atoms with Gasteiger partial charge in [0.1, 0.15) is 0 Å². The molecule has 0 saturated heterocycles. The highest BCUT2D eigenvalue weighted by molar-refractivity contribution is 5.78. The van der Waals surface area contributed by atoms with Crippen LogP contribution in [0.2, 0.25) is 0 Å². The lowest BCUT2D eigenvalue weighted by Gasteiger charge is -2.34. The van der Waals surface area contributed by atoms with Crippen molar-refractivity contribution >= 4 is 5.91 Å². The SMILES string of the molecule is CCN(C(=O)CN(C)Cc1ccccc1)C1CCCCC1. The second-order valence-corrected chi connectivity index (χ2v) is 6.13. The highest BCUT2D eigenvalue weighted by Crippen LogP contribution is 2.22. The minimum absolute atomic E-state index is 0.280. The van der Waals surface area contributed by atoms with E-state index in [0.717, 1.165) is 13.1 Å². The first-order valence-electron chi connectivity index (χ1n) is 8.22. The topological polar surface area (TPSA) is 23.6 Å². The number of benzene rings is 1. The maximum Gasteiger partial charge on any atom is 0.236 e. The fourth-order valence-electron chi connectivity index (χ4n) is 3.30. The van der Waals surface area contributed by atoms with Crippen molar-refractivity contribution < 1.29 is 4.79 Å². The molecule has 3 heteroatoms. The van der Waals surface area contributed by atoms with E-state index < -0.39 is 0 Å². The van der Waals surface area contributed by atoms with Gasteiger partial charge >= 0.3 is 0 Å². The molecule has 1 aromatic rings. The Labute approximate surface area is 128 Å². The van der Waals surface area contributed by atoms with Crippen molar-refractivity contribution in [1.82, 2.24) is 9.80 Å². The predicted octanol–water partition coefficient (Wildman–Crippen LogP) is 3.30. The minimum atomic E-state index is 0.280. The molecule has 0 spiro atoms. The Morgan fingerprint density at radius 1 is 1.14 bits per heavy atom. The van der Waals surface area contributed by atoms with Crippen molar-refractivity contribution in [3.05, 3.63) is 35.9 Å². The van der Waals surface area contributed by atoms with Crippen molar-refractivity contribution in [2.24, 2.45) is 0 Å². The van der Waals surface area contributed by atoms with Crippen LogP contribution in [0.4, 0.5) is 0 Å². The average Bonchev–Trinajstić information content (AvgIpc) is 2.50. The molecule has 0 aromatic heterocycles. The molecule has 0 aliphatic heterocycles. The van der Waals surface area contributed by atoms with Gasteiger partial charge in [-0.2, -0.15) is 0 Å². The number of hydrogen-bond donors (Lipinski definition) is 0. The van der Waals surface area contributed by atoms with E-state index in [1.165, 1.54) is 37.7 Å². The Hall–Kier alpha value is -1.35. The number of carbonyl (C=O) groups excluding carboxylic acids is 1. The normalized spacial score (nSPS) is 16.1. The molecule has 1 aliphatic rings. The van der Waals surface area contributed by atoms with Gasteiger partial charge in [0.25, 0.3) is 0 Å². The lowest BCUT2D eigenvalue weighted by Crippen LogP contribution is -2.45. The van der Waals surface area contributed by atoms with Crippen molar-refractivity contribution in [2.45, 2.75) is 51.6 Å². The molecule has 116 valence electrons. The van der Waals surface area contributed by atoms with Gasteiger partial charge in [0, 0.05) is 19.1 Å². The molecule has 0 heterocycles. The highest BCUT2D eigenvalue weighted by Gasteiger charge is 2.24. The summed E-state index contributed by atoms with van der Waals surface area (Å²) in [6.45, 7) is 4.28. The molecule has 0 radical (unpaired) electrons. The first-order valence-corrected chi connectivity index (χ1v) is 8.22. The Bertz CT molecular complexity index is 426. The lowest BCUT2D eigenvalue weighted by atomic mass is 9.94. The molecule has 1 amide bonds. The van der Waals surface area contributed by atoms with Gasteiger partial charge in [-0.05, 0) is 32.4 Å². The summed E-state index contributed by atoms with van der Waals surface area (Å²) in [6.07, 6.45) is 6.24. The first-order chi connectivity index (χ1) is 10.2. The van der Waals surface area contributed by atoms with E-state index in [9.17, 15) is 4.79 Å². The summed E-state index contributed by atoms with van der Waals surface area (Å²) >= 11 is 0. The molecular weight excluding hydrogens is 260 g/mol. The number of hydrogen-bond acceptors (Lipinski definition) is 2. The van der Waals surface area contributed by atoms with Crippen LogP contribution < -0.4 is 0 Å². The molecule has 2 rings (SSSR count). The molecule has 1 aromatic carbocycles. The summed E-state index contributed by atoms with van der Waals surface area (Å²) in [4.78, 5) is 16.8. The number of amides is 1. The molecule has 0 bridgehead atoms. The highest BCUT2D eigenvalue weighted by atomic mass is 16.2. The van der Waals surface area contributed by atoms with Gasteiger partial charge in [0.05, 0.1) is 6.54 Å². The molecule has 1 aliphatic carbocycles. The lowest BCUT2D eigenvalue weighted by molar-refractivity contribution is -0.135. The zero-order chi connectivity index (χ0) is 15.1. The largest absolute Gasteiger partial charge is 0.339 e. The van der Waals surface area contributed by atoms with Gasteiger partial charge in [-0.25, -0.2) is 0 Å². The number of carbonyl (C=O) groups is 1. The van der Waals surface area contributed by atoms with E-state index in [1.807, 2.05) is 25.2 Å². The van der Waals surface area contributed by atoms with Crippen LogP contribution in [0.25, 0.3) is 0 Å². The van der Waals surface area contributed by atoms with E-state index in [2.05, 4.69) is 28.9 Å². The molecular formula is C18H28N2O. The van der Waals surface area contributed by atoms with Crippen LogP contribution in [0.1, 0.15) is 44.6 Å². The molecule has 0 N–H and O–H groups in total. The number of rotatable bonds is 6. The average molecular weight is 288 g/mol. The van der Waals surface area contributed by atoms with E-state index >= 15 is 0 Å². The van der Waals surface area contributed by atoms with Crippen LogP contribution in [0, 0.1) is 0 Å². The van der Waals surface area contributed by atoms with Crippen LogP contribution >= 0.6 is 0 Å². The van der Waals surface area contributed by atoms with Crippen LogP contribution in [0.15, 0.2) is 30.3 Å². The zero-order valence-electron chi connectivity index (χ0n) is 13.4. The van der Waals surface area contributed by atoms with Gasteiger partial charge in [0.2, 0.25) is 5.91 Å². The third-order valence-electron chi connectivity index (χ3n) is 4.38. The Morgan fingerprint density at radius 3 is 2.43 bits per heavy atom. The maximum atomic E-state index is 12.6. The van der Waals surface area contributed by atoms with Crippen molar-refractivity contribution in [1.29, 1.82) is 0 Å². The summed E-state index contributed by atoms with van der Waals surface area (Å²) in [5.74, 6) is 0.280. The van der Waals surface area contributed by atoms with E-state index in [-0.39, 0.29) is 5.91 Å². The number of nitrogens with zero attached hydrogens (tertiary/aromatic N) is 2. The van der Waals surface area contributed by atoms with Gasteiger partial charge in [0.15, 0.2) is 0 Å². The van der Waals surface area contributed by atoms with E-state index in [1.54, 1.807) is 0 Å². The van der Waals surface area contributed by atoms with Crippen LogP contribution in [0.3, 0.4) is 0 Å². The molecule has 21 heavy (non-hydrogen) atoms. The minimum Gasteiger partial charge on any atom is -0.339 e. The summed E-state index contributed by atoms with van der Waals surface area (Å²) in [5, 5.41) is 0. The second-order valence-electron chi connectivity index (χ2n) is 6.13. The summed E-state index contributed by atoms with van der Waals surface area (Å²) in [5.41, 5.74) is 1.26. The Kier molecular flexibility index (Phi) is 6.24. The maximum absolute atomic E-state index is 12.6. The fraction of sp³-hybridized carbons (Fsp3) is 0.611. The standard InChI is InChI=1S/C18H28N2O/c1-3-20(17-12-8-5-9-13-17)18(21)15-19(2)14-16-10-6-4-7-11-16/h4,6-7,10-11,17H,3,5,8-9,12-15H2,1-2H3. The molecule has 0 atom stereocenters. The van der Waals surface area contributed by atoms with Gasteiger partial charge < -0.3 is 4.90 Å². The summed E-state index contributed by atoms with van der Waals surface area (Å²) < 4.78 is 0. The smallest absolute Gasteiger partial charge is 0.236 e. The van der Waals surface area contributed by atoms with Gasteiger partial charge in [-0.1, -0.05) is 49.6 Å². The second kappa shape index (κ2) is 8.18. The van der Waals surface area contributed by atoms with Gasteiger partial charge in [-0.15, -0.1) is 0 Å².